The highest BCUT2D eigenvalue weighted by Crippen LogP contribution is 2.34. The van der Waals surface area contributed by atoms with E-state index in [1.54, 1.807) is 42.2 Å². The van der Waals surface area contributed by atoms with E-state index in [1.165, 1.54) is 0 Å². The molecule has 136 valence electrons. The van der Waals surface area contributed by atoms with Crippen molar-refractivity contribution in [1.29, 1.82) is 0 Å². The molecule has 25 heavy (non-hydrogen) atoms. The number of amides is 3. The van der Waals surface area contributed by atoms with E-state index >= 15 is 0 Å². The minimum atomic E-state index is -0.195. The molecule has 0 bridgehead atoms. The van der Waals surface area contributed by atoms with Gasteiger partial charge in [0.2, 0.25) is 5.91 Å². The molecule has 7 heteroatoms. The number of rotatable bonds is 5. The molecule has 0 unspecified atom stereocenters. The molecule has 1 aromatic rings. The summed E-state index contributed by atoms with van der Waals surface area (Å²) >= 11 is 0. The minimum Gasteiger partial charge on any atom is -0.495 e. The van der Waals surface area contributed by atoms with Crippen LogP contribution >= 0.6 is 0 Å². The second kappa shape index (κ2) is 7.74. The number of likely N-dealkylation sites (N-methyl/N-ethyl adjacent to an activating group) is 1. The van der Waals surface area contributed by atoms with Gasteiger partial charge >= 0.3 is 6.03 Å². The average Bonchev–Trinajstić information content (AvgIpc) is 3.26. The number of hydrogen-bond donors (Lipinski definition) is 1. The van der Waals surface area contributed by atoms with E-state index in [0.29, 0.717) is 36.6 Å². The summed E-state index contributed by atoms with van der Waals surface area (Å²) in [5.41, 5.74) is 1.34. The van der Waals surface area contributed by atoms with Crippen LogP contribution in [0.4, 0.5) is 16.2 Å². The lowest BCUT2D eigenvalue weighted by molar-refractivity contribution is -0.117. The quantitative estimate of drug-likeness (QED) is 0.888. The summed E-state index contributed by atoms with van der Waals surface area (Å²) < 4.78 is 10.9. The van der Waals surface area contributed by atoms with Gasteiger partial charge < -0.3 is 24.6 Å². The van der Waals surface area contributed by atoms with Gasteiger partial charge in [-0.1, -0.05) is 0 Å². The van der Waals surface area contributed by atoms with Crippen LogP contribution in [0.1, 0.15) is 25.7 Å². The van der Waals surface area contributed by atoms with Gasteiger partial charge in [0.1, 0.15) is 5.75 Å². The van der Waals surface area contributed by atoms with Crippen LogP contribution in [0.5, 0.6) is 5.75 Å². The maximum Gasteiger partial charge on any atom is 0.321 e. The predicted octanol–water partition coefficient (Wildman–Crippen LogP) is 2.46. The molecule has 2 fully saturated rings. The summed E-state index contributed by atoms with van der Waals surface area (Å²) in [7, 11) is 3.33. The van der Waals surface area contributed by atoms with Gasteiger partial charge in [0, 0.05) is 38.9 Å². The second-order valence-electron chi connectivity index (χ2n) is 6.48. The third-order valence-electron chi connectivity index (χ3n) is 4.64. The van der Waals surface area contributed by atoms with Gasteiger partial charge in [0.15, 0.2) is 0 Å². The fourth-order valence-electron chi connectivity index (χ4n) is 3.28. The van der Waals surface area contributed by atoms with Gasteiger partial charge in [-0.25, -0.2) is 4.79 Å². The average molecular weight is 347 g/mol. The van der Waals surface area contributed by atoms with Crippen molar-refractivity contribution in [3.8, 4) is 5.75 Å². The number of nitrogens with zero attached hydrogens (tertiary/aromatic N) is 2. The Balaban J connectivity index is 1.69. The summed E-state index contributed by atoms with van der Waals surface area (Å²) in [6.07, 6.45) is 3.53. The van der Waals surface area contributed by atoms with Crippen molar-refractivity contribution in [3.63, 3.8) is 0 Å². The largest absolute Gasteiger partial charge is 0.495 e. The molecule has 2 saturated heterocycles. The second-order valence-corrected chi connectivity index (χ2v) is 6.48. The Bertz CT molecular complexity index is 643. The molecule has 2 heterocycles. The Labute approximate surface area is 147 Å². The van der Waals surface area contributed by atoms with Gasteiger partial charge in [0.05, 0.1) is 18.9 Å². The van der Waals surface area contributed by atoms with E-state index in [9.17, 15) is 9.59 Å². The third kappa shape index (κ3) is 4.04. The Morgan fingerprint density at radius 1 is 1.44 bits per heavy atom. The maximum atomic E-state index is 12.4. The molecule has 0 aliphatic carbocycles. The number of urea groups is 1. The van der Waals surface area contributed by atoms with Crippen molar-refractivity contribution < 1.29 is 19.1 Å². The highest BCUT2D eigenvalue weighted by Gasteiger charge is 2.25. The number of ether oxygens (including phenoxy) is 2. The first-order valence-electron chi connectivity index (χ1n) is 8.70. The molecule has 0 aromatic heterocycles. The smallest absolute Gasteiger partial charge is 0.321 e. The van der Waals surface area contributed by atoms with Crippen molar-refractivity contribution in [3.05, 3.63) is 18.2 Å². The van der Waals surface area contributed by atoms with E-state index in [1.807, 2.05) is 0 Å². The van der Waals surface area contributed by atoms with Crippen LogP contribution in [-0.4, -0.2) is 56.8 Å². The van der Waals surface area contributed by atoms with Crippen LogP contribution in [-0.2, 0) is 9.53 Å². The lowest BCUT2D eigenvalue weighted by Gasteiger charge is -2.23. The molecule has 0 spiro atoms. The van der Waals surface area contributed by atoms with E-state index < -0.39 is 0 Å². The van der Waals surface area contributed by atoms with Gasteiger partial charge in [-0.3, -0.25) is 4.79 Å². The van der Waals surface area contributed by atoms with Gasteiger partial charge in [-0.15, -0.1) is 0 Å². The Morgan fingerprint density at radius 2 is 2.28 bits per heavy atom. The Morgan fingerprint density at radius 3 is 2.92 bits per heavy atom. The Kier molecular flexibility index (Phi) is 5.43. The van der Waals surface area contributed by atoms with Crippen molar-refractivity contribution in [1.82, 2.24) is 4.90 Å². The first kappa shape index (κ1) is 17.5. The lowest BCUT2D eigenvalue weighted by atomic mass is 10.2. The highest BCUT2D eigenvalue weighted by atomic mass is 16.5. The van der Waals surface area contributed by atoms with Gasteiger partial charge in [-0.2, -0.15) is 0 Å². The Hall–Kier alpha value is -2.28. The van der Waals surface area contributed by atoms with E-state index in [0.717, 1.165) is 25.9 Å². The first-order valence-corrected chi connectivity index (χ1v) is 8.70. The highest BCUT2D eigenvalue weighted by molar-refractivity contribution is 5.98. The topological polar surface area (TPSA) is 71.1 Å². The van der Waals surface area contributed by atoms with Crippen molar-refractivity contribution in [2.75, 3.05) is 44.1 Å². The molecule has 1 aromatic carbocycles. The predicted molar refractivity (Wildman–Crippen MR) is 95.2 cm³/mol. The van der Waals surface area contributed by atoms with E-state index in [4.69, 9.17) is 9.47 Å². The van der Waals surface area contributed by atoms with E-state index in [-0.39, 0.29) is 18.0 Å². The van der Waals surface area contributed by atoms with Crippen molar-refractivity contribution in [2.24, 2.45) is 0 Å². The summed E-state index contributed by atoms with van der Waals surface area (Å²) in [6.45, 7) is 2.01. The van der Waals surface area contributed by atoms with Crippen LogP contribution in [0.2, 0.25) is 0 Å². The molecule has 2 aliphatic rings. The molecule has 3 amide bonds. The molecular weight excluding hydrogens is 322 g/mol. The normalized spacial score (nSPS) is 20.0. The number of carbonyl (C=O) groups is 2. The molecule has 1 N–H and O–H groups in total. The number of benzene rings is 1. The fourth-order valence-corrected chi connectivity index (χ4v) is 3.28. The summed E-state index contributed by atoms with van der Waals surface area (Å²) in [6, 6.07) is 5.15. The molecule has 1 atom stereocenters. The van der Waals surface area contributed by atoms with Crippen molar-refractivity contribution >= 4 is 23.3 Å². The van der Waals surface area contributed by atoms with Crippen molar-refractivity contribution in [2.45, 2.75) is 31.8 Å². The number of carbonyl (C=O) groups excluding carboxylic acids is 2. The van der Waals surface area contributed by atoms with Crippen LogP contribution in [0.25, 0.3) is 0 Å². The number of methoxy groups -OCH3 is 1. The molecule has 2 aliphatic heterocycles. The zero-order valence-electron chi connectivity index (χ0n) is 14.8. The van der Waals surface area contributed by atoms with Crippen LogP contribution in [0, 0.1) is 0 Å². The maximum absolute atomic E-state index is 12.4. The first-order chi connectivity index (χ1) is 12.1. The summed E-state index contributed by atoms with van der Waals surface area (Å²) in [5.74, 6) is 0.707. The number of nitrogens with one attached hydrogen (secondary N) is 1. The standard InChI is InChI=1S/C18H25N3O4/c1-20(12-14-5-4-10-25-14)18(23)19-13-7-8-16(24-2)15(11-13)21-9-3-6-17(21)22/h7-8,11,14H,3-6,9-10,12H2,1-2H3,(H,19,23)/t14-/m0/s1. The van der Waals surface area contributed by atoms with E-state index in [2.05, 4.69) is 5.32 Å². The third-order valence-corrected chi connectivity index (χ3v) is 4.64. The number of anilines is 2. The van der Waals surface area contributed by atoms with Gasteiger partial charge in [-0.05, 0) is 37.5 Å². The molecule has 7 nitrogen and oxygen atoms in total. The monoisotopic (exact) mass is 347 g/mol. The molecule has 0 radical (unpaired) electrons. The van der Waals surface area contributed by atoms with Crippen LogP contribution in [0.15, 0.2) is 18.2 Å². The SMILES string of the molecule is COc1ccc(NC(=O)N(C)C[C@@H]2CCCO2)cc1N1CCCC1=O. The zero-order valence-corrected chi connectivity index (χ0v) is 14.8. The zero-order chi connectivity index (χ0) is 17.8. The number of hydrogen-bond acceptors (Lipinski definition) is 4. The summed E-state index contributed by atoms with van der Waals surface area (Å²) in [4.78, 5) is 27.8. The minimum absolute atomic E-state index is 0.0808. The van der Waals surface area contributed by atoms with Gasteiger partial charge in [0.25, 0.3) is 0 Å². The molecule has 0 saturated carbocycles. The fraction of sp³-hybridized carbons (Fsp3) is 0.556. The van der Waals surface area contributed by atoms with Crippen LogP contribution < -0.4 is 15.0 Å². The van der Waals surface area contributed by atoms with Crippen LogP contribution in [0.3, 0.4) is 0 Å². The lowest BCUT2D eigenvalue weighted by Crippen LogP contribution is -2.37. The summed E-state index contributed by atoms with van der Waals surface area (Å²) in [5, 5.41) is 2.88. The molecular formula is C18H25N3O4. The molecule has 3 rings (SSSR count).